The van der Waals surface area contributed by atoms with Crippen molar-refractivity contribution in [1.82, 2.24) is 25.4 Å². The van der Waals surface area contributed by atoms with Crippen LogP contribution in [0.3, 0.4) is 0 Å². The number of nitrogens with one attached hydrogen (secondary N) is 2. The minimum atomic E-state index is -0.531. The topological polar surface area (TPSA) is 88.9 Å². The number of urea groups is 1. The predicted molar refractivity (Wildman–Crippen MR) is 114 cm³/mol. The van der Waals surface area contributed by atoms with Gasteiger partial charge in [-0.15, -0.1) is 10.2 Å². The number of carbonyl (C=O) groups is 2. The second kappa shape index (κ2) is 10.1. The maximum absolute atomic E-state index is 12.1. The Labute approximate surface area is 177 Å². The molecule has 0 atom stereocenters. The van der Waals surface area contributed by atoms with Gasteiger partial charge in [0.25, 0.3) is 0 Å². The Bertz CT molecular complexity index is 994. The van der Waals surface area contributed by atoms with E-state index < -0.39 is 11.9 Å². The van der Waals surface area contributed by atoms with E-state index in [9.17, 15) is 9.59 Å². The fourth-order valence-electron chi connectivity index (χ4n) is 2.64. The molecule has 0 aliphatic rings. The van der Waals surface area contributed by atoms with E-state index in [1.54, 1.807) is 6.07 Å². The quantitative estimate of drug-likeness (QED) is 0.558. The molecule has 0 aliphatic carbocycles. The molecular formula is C20H20ClN5O2S. The van der Waals surface area contributed by atoms with Crippen molar-refractivity contribution in [3.8, 4) is 11.4 Å². The summed E-state index contributed by atoms with van der Waals surface area (Å²) < 4.78 is 1.90. The number of thioether (sulfide) groups is 1. The molecule has 1 heterocycles. The summed E-state index contributed by atoms with van der Waals surface area (Å²) in [6, 6.07) is 16.3. The highest BCUT2D eigenvalue weighted by Crippen LogP contribution is 2.25. The Morgan fingerprint density at radius 2 is 1.90 bits per heavy atom. The van der Waals surface area contributed by atoms with Gasteiger partial charge in [0.05, 0.1) is 5.75 Å². The number of halogens is 1. The van der Waals surface area contributed by atoms with Crippen LogP contribution in [0.4, 0.5) is 4.79 Å². The van der Waals surface area contributed by atoms with E-state index in [2.05, 4.69) is 20.8 Å². The van der Waals surface area contributed by atoms with Crippen LogP contribution in [0.1, 0.15) is 12.5 Å². The van der Waals surface area contributed by atoms with Gasteiger partial charge >= 0.3 is 6.03 Å². The zero-order valence-electron chi connectivity index (χ0n) is 15.8. The van der Waals surface area contributed by atoms with Gasteiger partial charge in [0, 0.05) is 23.7 Å². The summed E-state index contributed by atoms with van der Waals surface area (Å²) in [6.07, 6.45) is 0. The summed E-state index contributed by atoms with van der Waals surface area (Å²) in [5.41, 5.74) is 1.80. The third-order valence-corrected chi connectivity index (χ3v) is 5.20. The van der Waals surface area contributed by atoms with Crippen LogP contribution in [0.25, 0.3) is 11.4 Å². The summed E-state index contributed by atoms with van der Waals surface area (Å²) in [6.45, 7) is 2.95. The van der Waals surface area contributed by atoms with Crippen LogP contribution in [-0.4, -0.2) is 32.5 Å². The standard InChI is InChI=1S/C20H20ClN5O2S/c1-2-26-18(15-9-6-10-16(21)11-15)24-25-20(26)29-13-17(27)23-19(28)22-12-14-7-4-3-5-8-14/h3-11H,2,12-13H2,1H3,(H2,22,23,27,28). The van der Waals surface area contributed by atoms with E-state index in [1.165, 1.54) is 11.8 Å². The van der Waals surface area contributed by atoms with Gasteiger partial charge in [-0.1, -0.05) is 65.8 Å². The van der Waals surface area contributed by atoms with E-state index in [0.717, 1.165) is 11.1 Å². The zero-order chi connectivity index (χ0) is 20.6. The normalized spacial score (nSPS) is 10.6. The van der Waals surface area contributed by atoms with Gasteiger partial charge in [-0.2, -0.15) is 0 Å². The summed E-state index contributed by atoms with van der Waals surface area (Å²) in [5, 5.41) is 14.6. The van der Waals surface area contributed by atoms with Crippen LogP contribution < -0.4 is 10.6 Å². The van der Waals surface area contributed by atoms with Gasteiger partial charge in [-0.25, -0.2) is 4.79 Å². The Hall–Kier alpha value is -2.84. The molecule has 3 amide bonds. The molecular weight excluding hydrogens is 410 g/mol. The Morgan fingerprint density at radius 3 is 2.62 bits per heavy atom. The van der Waals surface area contributed by atoms with Crippen molar-refractivity contribution in [2.24, 2.45) is 0 Å². The minimum Gasteiger partial charge on any atom is -0.334 e. The molecule has 0 spiro atoms. The molecule has 150 valence electrons. The molecule has 9 heteroatoms. The molecule has 0 bridgehead atoms. The van der Waals surface area contributed by atoms with Crippen molar-refractivity contribution in [2.45, 2.75) is 25.2 Å². The maximum atomic E-state index is 12.1. The number of carbonyl (C=O) groups excluding carboxylic acids is 2. The van der Waals surface area contributed by atoms with E-state index in [-0.39, 0.29) is 5.75 Å². The molecule has 0 saturated heterocycles. The highest BCUT2D eigenvalue weighted by atomic mass is 35.5. The fraction of sp³-hybridized carbons (Fsp3) is 0.200. The molecule has 0 saturated carbocycles. The molecule has 0 radical (unpaired) electrons. The molecule has 3 rings (SSSR count). The van der Waals surface area contributed by atoms with E-state index in [0.29, 0.717) is 29.1 Å². The third kappa shape index (κ3) is 5.82. The first-order valence-corrected chi connectivity index (χ1v) is 10.4. The van der Waals surface area contributed by atoms with Crippen molar-refractivity contribution in [1.29, 1.82) is 0 Å². The monoisotopic (exact) mass is 429 g/mol. The van der Waals surface area contributed by atoms with E-state index in [1.807, 2.05) is 60.0 Å². The lowest BCUT2D eigenvalue weighted by Crippen LogP contribution is -2.40. The Balaban J connectivity index is 1.54. The number of amides is 3. The number of rotatable bonds is 7. The number of hydrogen-bond acceptors (Lipinski definition) is 5. The Kier molecular flexibility index (Phi) is 7.26. The van der Waals surface area contributed by atoms with Crippen molar-refractivity contribution < 1.29 is 9.59 Å². The summed E-state index contributed by atoms with van der Waals surface area (Å²) in [7, 11) is 0. The average molecular weight is 430 g/mol. The number of imide groups is 1. The lowest BCUT2D eigenvalue weighted by molar-refractivity contribution is -0.117. The van der Waals surface area contributed by atoms with Gasteiger partial charge in [0.2, 0.25) is 5.91 Å². The van der Waals surface area contributed by atoms with Crippen molar-refractivity contribution in [3.05, 3.63) is 65.2 Å². The summed E-state index contributed by atoms with van der Waals surface area (Å²) >= 11 is 7.28. The van der Waals surface area contributed by atoms with Crippen LogP contribution in [0, 0.1) is 0 Å². The first-order chi connectivity index (χ1) is 14.1. The van der Waals surface area contributed by atoms with E-state index >= 15 is 0 Å². The number of aromatic nitrogens is 3. The molecule has 2 aromatic carbocycles. The second-order valence-electron chi connectivity index (χ2n) is 6.07. The zero-order valence-corrected chi connectivity index (χ0v) is 17.3. The average Bonchev–Trinajstić information content (AvgIpc) is 3.14. The number of nitrogens with zero attached hydrogens (tertiary/aromatic N) is 3. The molecule has 3 aromatic rings. The molecule has 7 nitrogen and oxygen atoms in total. The molecule has 1 aromatic heterocycles. The number of benzene rings is 2. The predicted octanol–water partition coefficient (Wildman–Crippen LogP) is 3.74. The van der Waals surface area contributed by atoms with Crippen molar-refractivity contribution in [3.63, 3.8) is 0 Å². The van der Waals surface area contributed by atoms with Gasteiger partial charge in [-0.3, -0.25) is 10.1 Å². The molecule has 2 N–H and O–H groups in total. The lowest BCUT2D eigenvalue weighted by Gasteiger charge is -2.08. The molecule has 29 heavy (non-hydrogen) atoms. The summed E-state index contributed by atoms with van der Waals surface area (Å²) in [4.78, 5) is 24.0. The SMILES string of the molecule is CCn1c(SCC(=O)NC(=O)NCc2ccccc2)nnc1-c1cccc(Cl)c1. The van der Waals surface area contributed by atoms with Gasteiger partial charge in [0.1, 0.15) is 0 Å². The summed E-state index contributed by atoms with van der Waals surface area (Å²) in [5.74, 6) is 0.320. The number of hydrogen-bond donors (Lipinski definition) is 2. The van der Waals surface area contributed by atoms with Crippen LogP contribution in [0.15, 0.2) is 59.8 Å². The van der Waals surface area contributed by atoms with Crippen molar-refractivity contribution in [2.75, 3.05) is 5.75 Å². The highest BCUT2D eigenvalue weighted by Gasteiger charge is 2.15. The van der Waals surface area contributed by atoms with Crippen LogP contribution in [0.2, 0.25) is 5.02 Å². The largest absolute Gasteiger partial charge is 0.334 e. The smallest absolute Gasteiger partial charge is 0.321 e. The van der Waals surface area contributed by atoms with Gasteiger partial charge in [-0.05, 0) is 24.6 Å². The molecule has 0 fully saturated rings. The third-order valence-electron chi connectivity index (χ3n) is 4.00. The fourth-order valence-corrected chi connectivity index (χ4v) is 3.63. The van der Waals surface area contributed by atoms with Crippen LogP contribution >= 0.6 is 23.4 Å². The Morgan fingerprint density at radius 1 is 1.10 bits per heavy atom. The van der Waals surface area contributed by atoms with Gasteiger partial charge < -0.3 is 9.88 Å². The molecule has 0 aliphatic heterocycles. The minimum absolute atomic E-state index is 0.0481. The van der Waals surface area contributed by atoms with Crippen molar-refractivity contribution >= 4 is 35.3 Å². The molecule has 0 unspecified atom stereocenters. The highest BCUT2D eigenvalue weighted by molar-refractivity contribution is 7.99. The second-order valence-corrected chi connectivity index (χ2v) is 7.44. The first kappa shape index (κ1) is 20.9. The van der Waals surface area contributed by atoms with Crippen LogP contribution in [0.5, 0.6) is 0 Å². The first-order valence-electron chi connectivity index (χ1n) is 9.00. The lowest BCUT2D eigenvalue weighted by atomic mass is 10.2. The van der Waals surface area contributed by atoms with Crippen LogP contribution in [-0.2, 0) is 17.9 Å². The maximum Gasteiger partial charge on any atom is 0.321 e. The van der Waals surface area contributed by atoms with Gasteiger partial charge in [0.15, 0.2) is 11.0 Å². The van der Waals surface area contributed by atoms with E-state index in [4.69, 9.17) is 11.6 Å².